The topological polar surface area (TPSA) is 74.6 Å². The van der Waals surface area contributed by atoms with E-state index in [0.717, 1.165) is 32.9 Å². The fraction of sp³-hybridized carbons (Fsp3) is 0.167. The van der Waals surface area contributed by atoms with E-state index < -0.39 is 0 Å². The molecule has 2 aromatic heterocycles. The van der Waals surface area contributed by atoms with Gasteiger partial charge >= 0.3 is 0 Å². The summed E-state index contributed by atoms with van der Waals surface area (Å²) < 4.78 is 5.40. The van der Waals surface area contributed by atoms with Crippen LogP contribution >= 0.6 is 34.5 Å². The number of H-pyrrole nitrogens is 1. The maximum Gasteiger partial charge on any atom is 0.171 e. The van der Waals surface area contributed by atoms with E-state index in [9.17, 15) is 5.26 Å². The summed E-state index contributed by atoms with van der Waals surface area (Å²) in [5, 5.41) is 19.0. The van der Waals surface area contributed by atoms with Crippen molar-refractivity contribution in [3.05, 3.63) is 51.1 Å². The molecule has 1 aliphatic heterocycles. The number of hydrogen-bond donors (Lipinski definition) is 1. The first-order valence-electron chi connectivity index (χ1n) is 7.85. The lowest BCUT2D eigenvalue weighted by Gasteiger charge is -2.12. The van der Waals surface area contributed by atoms with Gasteiger partial charge in [-0.1, -0.05) is 35.3 Å². The van der Waals surface area contributed by atoms with Gasteiger partial charge in [0.05, 0.1) is 23.7 Å². The zero-order valence-electron chi connectivity index (χ0n) is 13.4. The molecule has 0 fully saturated rings. The first-order chi connectivity index (χ1) is 12.7. The Balaban J connectivity index is 2.00. The maximum atomic E-state index is 9.93. The summed E-state index contributed by atoms with van der Waals surface area (Å²) in [6, 6.07) is 7.63. The number of nitrogens with zero attached hydrogens (tertiary/aromatic N) is 3. The Morgan fingerprint density at radius 1 is 1.27 bits per heavy atom. The molecule has 130 valence electrons. The molecule has 3 heterocycles. The molecule has 26 heavy (non-hydrogen) atoms. The molecule has 1 N–H and O–H groups in total. The Kier molecular flexibility index (Phi) is 4.79. The van der Waals surface area contributed by atoms with Crippen LogP contribution in [0.2, 0.25) is 10.0 Å². The third kappa shape index (κ3) is 3.04. The Bertz CT molecular complexity index is 1030. The maximum absolute atomic E-state index is 9.93. The van der Waals surface area contributed by atoms with Gasteiger partial charge in [-0.15, -0.1) is 21.5 Å². The van der Waals surface area contributed by atoms with Crippen LogP contribution in [0.15, 0.2) is 30.6 Å². The van der Waals surface area contributed by atoms with E-state index in [2.05, 4.69) is 21.3 Å². The van der Waals surface area contributed by atoms with Crippen molar-refractivity contribution in [1.29, 1.82) is 5.26 Å². The molecule has 0 aliphatic carbocycles. The molecule has 1 aliphatic rings. The zero-order valence-corrected chi connectivity index (χ0v) is 15.8. The fourth-order valence-corrected chi connectivity index (χ4v) is 4.71. The standard InChI is InChI=1S/C18H12Cl2N4OS/c19-11-1-2-12(14(20)7-11)15-13(8-21)16(10-3-5-25-6-4-10)26-17(15)18-22-9-23-24-18/h1-3,7,9H,4-6H2,(H,22,23,24). The van der Waals surface area contributed by atoms with Crippen molar-refractivity contribution in [2.24, 2.45) is 0 Å². The van der Waals surface area contributed by atoms with E-state index >= 15 is 0 Å². The average molecular weight is 403 g/mol. The van der Waals surface area contributed by atoms with Gasteiger partial charge in [-0.05, 0) is 24.1 Å². The second-order valence-electron chi connectivity index (χ2n) is 5.64. The van der Waals surface area contributed by atoms with Crippen molar-refractivity contribution in [1.82, 2.24) is 15.2 Å². The zero-order chi connectivity index (χ0) is 18.1. The number of thiophene rings is 1. The molecule has 0 saturated heterocycles. The number of halogens is 2. The molecular weight excluding hydrogens is 391 g/mol. The molecule has 0 bridgehead atoms. The number of hydrogen-bond acceptors (Lipinski definition) is 5. The minimum atomic E-state index is 0.486. The molecule has 0 unspecified atom stereocenters. The van der Waals surface area contributed by atoms with Crippen LogP contribution in [-0.2, 0) is 4.74 Å². The van der Waals surface area contributed by atoms with Crippen LogP contribution in [0, 0.1) is 11.3 Å². The highest BCUT2D eigenvalue weighted by Gasteiger charge is 2.26. The number of rotatable bonds is 3. The minimum Gasteiger partial charge on any atom is -0.377 e. The van der Waals surface area contributed by atoms with Crippen molar-refractivity contribution >= 4 is 40.1 Å². The molecule has 0 radical (unpaired) electrons. The van der Waals surface area contributed by atoms with Gasteiger partial charge in [0, 0.05) is 26.0 Å². The molecule has 0 atom stereocenters. The summed E-state index contributed by atoms with van der Waals surface area (Å²) in [6.45, 7) is 1.19. The number of aromatic amines is 1. The van der Waals surface area contributed by atoms with Crippen LogP contribution < -0.4 is 0 Å². The van der Waals surface area contributed by atoms with E-state index in [0.29, 0.717) is 34.6 Å². The SMILES string of the molecule is N#Cc1c(C2=CCOCC2)sc(-c2nnc[nH]2)c1-c1ccc(Cl)cc1Cl. The van der Waals surface area contributed by atoms with Crippen LogP contribution in [0.1, 0.15) is 16.9 Å². The highest BCUT2D eigenvalue weighted by Crippen LogP contribution is 2.47. The number of benzene rings is 1. The van der Waals surface area contributed by atoms with Crippen LogP contribution in [0.4, 0.5) is 0 Å². The fourth-order valence-electron chi connectivity index (χ4n) is 2.93. The van der Waals surface area contributed by atoms with Crippen molar-refractivity contribution in [3.63, 3.8) is 0 Å². The summed E-state index contributed by atoms with van der Waals surface area (Å²) in [7, 11) is 0. The third-order valence-electron chi connectivity index (χ3n) is 4.11. The lowest BCUT2D eigenvalue weighted by Crippen LogP contribution is -2.03. The minimum absolute atomic E-state index is 0.486. The van der Waals surface area contributed by atoms with E-state index in [1.54, 1.807) is 12.1 Å². The predicted molar refractivity (Wildman–Crippen MR) is 103 cm³/mol. The van der Waals surface area contributed by atoms with Crippen LogP contribution in [-0.4, -0.2) is 28.4 Å². The lowest BCUT2D eigenvalue weighted by molar-refractivity contribution is 0.161. The van der Waals surface area contributed by atoms with Crippen molar-refractivity contribution in [2.45, 2.75) is 6.42 Å². The molecular formula is C18H12Cl2N4OS. The normalized spacial score (nSPS) is 14.1. The molecule has 8 heteroatoms. The Morgan fingerprint density at radius 3 is 2.81 bits per heavy atom. The molecule has 3 aromatic rings. The van der Waals surface area contributed by atoms with Gasteiger partial charge in [0.1, 0.15) is 12.4 Å². The Labute approximate surface area is 163 Å². The number of nitriles is 1. The van der Waals surface area contributed by atoms with E-state index in [-0.39, 0.29) is 0 Å². The summed E-state index contributed by atoms with van der Waals surface area (Å²) in [4.78, 5) is 4.77. The molecule has 0 amide bonds. The second-order valence-corrected chi connectivity index (χ2v) is 7.50. The largest absolute Gasteiger partial charge is 0.377 e. The highest BCUT2D eigenvalue weighted by atomic mass is 35.5. The average Bonchev–Trinajstić information content (AvgIpc) is 3.30. The lowest BCUT2D eigenvalue weighted by atomic mass is 9.97. The van der Waals surface area contributed by atoms with Gasteiger partial charge in [-0.25, -0.2) is 0 Å². The summed E-state index contributed by atoms with van der Waals surface area (Å²) in [5.74, 6) is 0.603. The molecule has 4 rings (SSSR count). The first kappa shape index (κ1) is 17.3. The van der Waals surface area contributed by atoms with Crippen molar-refractivity contribution in [2.75, 3.05) is 13.2 Å². The van der Waals surface area contributed by atoms with Crippen LogP contribution in [0.5, 0.6) is 0 Å². The van der Waals surface area contributed by atoms with E-state index in [4.69, 9.17) is 27.9 Å². The van der Waals surface area contributed by atoms with Gasteiger partial charge in [0.2, 0.25) is 0 Å². The summed E-state index contributed by atoms with van der Waals surface area (Å²) in [5.41, 5.74) is 3.18. The van der Waals surface area contributed by atoms with Gasteiger partial charge < -0.3 is 9.72 Å². The first-order valence-corrected chi connectivity index (χ1v) is 9.42. The quantitative estimate of drug-likeness (QED) is 0.654. The van der Waals surface area contributed by atoms with E-state index in [1.165, 1.54) is 17.7 Å². The Hall–Kier alpha value is -2.17. The van der Waals surface area contributed by atoms with Crippen molar-refractivity contribution in [3.8, 4) is 27.9 Å². The van der Waals surface area contributed by atoms with Gasteiger partial charge in [-0.2, -0.15) is 5.26 Å². The molecule has 0 saturated carbocycles. The second kappa shape index (κ2) is 7.22. The summed E-state index contributed by atoms with van der Waals surface area (Å²) in [6.07, 6.45) is 4.30. The van der Waals surface area contributed by atoms with Gasteiger partial charge in [0.25, 0.3) is 0 Å². The van der Waals surface area contributed by atoms with Crippen LogP contribution in [0.3, 0.4) is 0 Å². The number of ether oxygens (including phenoxy) is 1. The Morgan fingerprint density at radius 2 is 2.15 bits per heavy atom. The van der Waals surface area contributed by atoms with Crippen LogP contribution in [0.25, 0.3) is 27.4 Å². The van der Waals surface area contributed by atoms with Crippen molar-refractivity contribution < 1.29 is 4.74 Å². The smallest absolute Gasteiger partial charge is 0.171 e. The van der Waals surface area contributed by atoms with E-state index in [1.807, 2.05) is 12.1 Å². The molecule has 1 aromatic carbocycles. The monoisotopic (exact) mass is 402 g/mol. The molecule has 5 nitrogen and oxygen atoms in total. The highest BCUT2D eigenvalue weighted by molar-refractivity contribution is 7.17. The molecule has 0 spiro atoms. The third-order valence-corrected chi connectivity index (χ3v) is 5.93. The number of nitrogens with one attached hydrogen (secondary N) is 1. The van der Waals surface area contributed by atoms with Gasteiger partial charge in [0.15, 0.2) is 5.82 Å². The number of aromatic nitrogens is 3. The predicted octanol–water partition coefficient (Wildman–Crippen LogP) is 5.18. The van der Waals surface area contributed by atoms with Gasteiger partial charge in [-0.3, -0.25) is 0 Å². The summed E-state index contributed by atoms with van der Waals surface area (Å²) >= 11 is 14.0.